The Labute approximate surface area is 105 Å². The quantitative estimate of drug-likeness (QED) is 0.455. The molecule has 102 valence electrons. The number of nitrogens with zero attached hydrogens (tertiary/aromatic N) is 4. The van der Waals surface area contributed by atoms with Crippen LogP contribution in [0.3, 0.4) is 0 Å². The molecule has 19 heavy (non-hydrogen) atoms. The van der Waals surface area contributed by atoms with Gasteiger partial charge >= 0.3 is 0 Å². The molecule has 2 aromatic heterocycles. The Morgan fingerprint density at radius 2 is 2.21 bits per heavy atom. The number of fused-ring (bicyclic) bond motifs is 1. The van der Waals surface area contributed by atoms with E-state index in [9.17, 15) is 15.0 Å². The van der Waals surface area contributed by atoms with Crippen molar-refractivity contribution in [1.82, 2.24) is 25.0 Å². The number of aromatic nitrogens is 5. The molecule has 1 aliphatic rings. The molecule has 0 aliphatic carbocycles. The Morgan fingerprint density at radius 1 is 1.42 bits per heavy atom. The number of aliphatic hydroxyl groups is 3. The van der Waals surface area contributed by atoms with Crippen molar-refractivity contribution in [2.45, 2.75) is 24.5 Å². The molecule has 3 rings (SSSR count). The van der Waals surface area contributed by atoms with Gasteiger partial charge in [0.1, 0.15) is 18.3 Å². The van der Waals surface area contributed by atoms with Crippen LogP contribution < -0.4 is 5.56 Å². The second kappa shape index (κ2) is 4.35. The molecule has 2 aromatic rings. The fraction of sp³-hybridized carbons (Fsp3) is 0.556. The highest BCUT2D eigenvalue weighted by atomic mass is 16.6. The standard InChI is InChI=1S/C9H11N5O5/c15-1-3-5(16)6(17)9(19-3)14-2-10-4-7(14)11-13-12-8(4)18/h2-3,5-6,9,15-17H,1H2,(H,11,12,18)/t3-,5-,6-,9?/m1/s1. The number of H-pyrrole nitrogens is 1. The Morgan fingerprint density at radius 3 is 2.89 bits per heavy atom. The molecule has 1 saturated heterocycles. The number of hydrogen-bond donors (Lipinski definition) is 4. The Hall–Kier alpha value is -1.88. The van der Waals surface area contributed by atoms with Crippen LogP contribution in [0.2, 0.25) is 0 Å². The van der Waals surface area contributed by atoms with Gasteiger partial charge in [-0.25, -0.2) is 10.1 Å². The number of aliphatic hydroxyl groups excluding tert-OH is 3. The molecular weight excluding hydrogens is 258 g/mol. The molecule has 0 spiro atoms. The smallest absolute Gasteiger partial charge is 0.295 e. The predicted molar refractivity (Wildman–Crippen MR) is 59.0 cm³/mol. The molecule has 10 heteroatoms. The third-order valence-electron chi connectivity index (χ3n) is 3.07. The third-order valence-corrected chi connectivity index (χ3v) is 3.07. The minimum atomic E-state index is -1.27. The van der Waals surface area contributed by atoms with E-state index >= 15 is 0 Å². The highest BCUT2D eigenvalue weighted by Crippen LogP contribution is 2.30. The molecule has 4 atom stereocenters. The molecule has 0 radical (unpaired) electrons. The fourth-order valence-corrected chi connectivity index (χ4v) is 2.08. The first kappa shape index (κ1) is 12.2. The van der Waals surface area contributed by atoms with Crippen LogP contribution in [0.15, 0.2) is 11.1 Å². The molecule has 0 bridgehead atoms. The summed E-state index contributed by atoms with van der Waals surface area (Å²) in [4.78, 5) is 15.3. The van der Waals surface area contributed by atoms with Crippen LogP contribution in [0.4, 0.5) is 0 Å². The Balaban J connectivity index is 2.06. The maximum absolute atomic E-state index is 11.4. The predicted octanol–water partition coefficient (Wildman–Crippen LogP) is -2.87. The van der Waals surface area contributed by atoms with Crippen molar-refractivity contribution in [3.63, 3.8) is 0 Å². The van der Waals surface area contributed by atoms with E-state index in [4.69, 9.17) is 9.84 Å². The summed E-state index contributed by atoms with van der Waals surface area (Å²) in [6, 6.07) is 0. The third kappa shape index (κ3) is 1.73. The molecule has 3 heterocycles. The molecule has 1 unspecified atom stereocenters. The minimum Gasteiger partial charge on any atom is -0.394 e. The summed E-state index contributed by atoms with van der Waals surface area (Å²) in [6.07, 6.45) is -3.15. The van der Waals surface area contributed by atoms with Crippen molar-refractivity contribution in [1.29, 1.82) is 0 Å². The second-order valence-corrected chi connectivity index (χ2v) is 4.19. The van der Waals surface area contributed by atoms with Crippen LogP contribution in [0, 0.1) is 0 Å². The maximum atomic E-state index is 11.4. The van der Waals surface area contributed by atoms with Crippen LogP contribution in [-0.2, 0) is 4.74 Å². The van der Waals surface area contributed by atoms with E-state index in [1.54, 1.807) is 0 Å². The van der Waals surface area contributed by atoms with Crippen molar-refractivity contribution in [2.75, 3.05) is 6.61 Å². The number of hydrogen-bond acceptors (Lipinski definition) is 8. The molecular formula is C9H11N5O5. The maximum Gasteiger partial charge on any atom is 0.295 e. The van der Waals surface area contributed by atoms with Gasteiger partial charge in [0.2, 0.25) is 0 Å². The van der Waals surface area contributed by atoms with Gasteiger partial charge in [0, 0.05) is 0 Å². The van der Waals surface area contributed by atoms with Crippen molar-refractivity contribution in [3.8, 4) is 0 Å². The van der Waals surface area contributed by atoms with Crippen LogP contribution >= 0.6 is 0 Å². The molecule has 1 fully saturated rings. The van der Waals surface area contributed by atoms with Gasteiger partial charge in [-0.3, -0.25) is 9.36 Å². The van der Waals surface area contributed by atoms with Crippen molar-refractivity contribution >= 4 is 11.2 Å². The zero-order chi connectivity index (χ0) is 13.6. The lowest BCUT2D eigenvalue weighted by Crippen LogP contribution is -2.33. The van der Waals surface area contributed by atoms with Gasteiger partial charge in [-0.1, -0.05) is 5.21 Å². The van der Waals surface area contributed by atoms with Gasteiger partial charge in [0.25, 0.3) is 5.56 Å². The van der Waals surface area contributed by atoms with Gasteiger partial charge in [-0.2, -0.15) is 0 Å². The van der Waals surface area contributed by atoms with Crippen molar-refractivity contribution in [3.05, 3.63) is 16.7 Å². The van der Waals surface area contributed by atoms with E-state index in [1.807, 2.05) is 0 Å². The van der Waals surface area contributed by atoms with E-state index in [1.165, 1.54) is 10.9 Å². The Kier molecular flexibility index (Phi) is 2.78. The molecule has 0 amide bonds. The van der Waals surface area contributed by atoms with Gasteiger partial charge < -0.3 is 20.1 Å². The van der Waals surface area contributed by atoms with Crippen LogP contribution in [0.25, 0.3) is 11.2 Å². The zero-order valence-corrected chi connectivity index (χ0v) is 9.54. The SMILES string of the molecule is O=c1[nH]nnc2c1ncn2C1O[C@H](CO)[C@@H](O)[C@H]1O. The summed E-state index contributed by atoms with van der Waals surface area (Å²) >= 11 is 0. The number of ether oxygens (including phenoxy) is 1. The summed E-state index contributed by atoms with van der Waals surface area (Å²) in [6.45, 7) is -0.437. The molecule has 0 saturated carbocycles. The highest BCUT2D eigenvalue weighted by molar-refractivity contribution is 5.68. The average molecular weight is 269 g/mol. The summed E-state index contributed by atoms with van der Waals surface area (Å²) in [5.41, 5.74) is -0.346. The summed E-state index contributed by atoms with van der Waals surface area (Å²) in [5, 5.41) is 37.8. The number of rotatable bonds is 2. The van der Waals surface area contributed by atoms with Gasteiger partial charge in [-0.05, 0) is 0 Å². The molecule has 0 aromatic carbocycles. The van der Waals surface area contributed by atoms with E-state index in [-0.39, 0.29) is 11.2 Å². The average Bonchev–Trinajstić information content (AvgIpc) is 2.94. The first-order valence-electron chi connectivity index (χ1n) is 5.54. The number of imidazole rings is 1. The normalized spacial score (nSPS) is 31.1. The minimum absolute atomic E-state index is 0.0488. The molecule has 10 nitrogen and oxygen atoms in total. The molecule has 4 N–H and O–H groups in total. The first-order chi connectivity index (χ1) is 9.13. The van der Waals surface area contributed by atoms with Gasteiger partial charge in [0.05, 0.1) is 12.9 Å². The largest absolute Gasteiger partial charge is 0.394 e. The van der Waals surface area contributed by atoms with Gasteiger partial charge in [-0.15, -0.1) is 5.10 Å². The lowest BCUT2D eigenvalue weighted by molar-refractivity contribution is -0.0511. The van der Waals surface area contributed by atoms with Crippen molar-refractivity contribution in [2.24, 2.45) is 0 Å². The van der Waals surface area contributed by atoms with E-state index in [0.717, 1.165) is 0 Å². The monoisotopic (exact) mass is 269 g/mol. The number of aromatic amines is 1. The number of nitrogens with one attached hydrogen (secondary N) is 1. The summed E-state index contributed by atoms with van der Waals surface area (Å²) < 4.78 is 6.61. The summed E-state index contributed by atoms with van der Waals surface area (Å²) in [7, 11) is 0. The zero-order valence-electron chi connectivity index (χ0n) is 9.54. The van der Waals surface area contributed by atoms with Crippen LogP contribution in [-0.4, -0.2) is 65.2 Å². The molecule has 1 aliphatic heterocycles. The van der Waals surface area contributed by atoms with Crippen LogP contribution in [0.5, 0.6) is 0 Å². The fourth-order valence-electron chi connectivity index (χ4n) is 2.08. The lowest BCUT2D eigenvalue weighted by atomic mass is 10.1. The van der Waals surface area contributed by atoms with E-state index < -0.39 is 36.7 Å². The van der Waals surface area contributed by atoms with Crippen LogP contribution in [0.1, 0.15) is 6.23 Å². The van der Waals surface area contributed by atoms with Crippen molar-refractivity contribution < 1.29 is 20.1 Å². The highest BCUT2D eigenvalue weighted by Gasteiger charge is 2.44. The second-order valence-electron chi connectivity index (χ2n) is 4.19. The Bertz CT molecular complexity index is 654. The first-order valence-corrected chi connectivity index (χ1v) is 5.54. The van der Waals surface area contributed by atoms with E-state index in [0.29, 0.717) is 0 Å². The topological polar surface area (TPSA) is 146 Å². The summed E-state index contributed by atoms with van der Waals surface area (Å²) in [5.74, 6) is 0. The van der Waals surface area contributed by atoms with Gasteiger partial charge in [0.15, 0.2) is 17.4 Å². The van der Waals surface area contributed by atoms with E-state index in [2.05, 4.69) is 20.4 Å². The lowest BCUT2D eigenvalue weighted by Gasteiger charge is -2.15.